The molecule has 3 rings (SSSR count). The van der Waals surface area contributed by atoms with Crippen molar-refractivity contribution in [3.63, 3.8) is 0 Å². The smallest absolute Gasteiger partial charge is 0.269 e. The second-order valence-electron chi connectivity index (χ2n) is 6.77. The molecule has 0 aromatic heterocycles. The number of hydrogen-bond donors (Lipinski definition) is 0. The van der Waals surface area contributed by atoms with Crippen LogP contribution in [0.2, 0.25) is 0 Å². The Morgan fingerprint density at radius 2 is 1.39 bits per heavy atom. The second-order valence-corrected chi connectivity index (χ2v) is 8.72. The zero-order valence-electron chi connectivity index (χ0n) is 17.3. The zero-order valence-corrected chi connectivity index (χ0v) is 18.1. The summed E-state index contributed by atoms with van der Waals surface area (Å²) in [5.74, 6) is 0. The van der Waals surface area contributed by atoms with Crippen LogP contribution in [0.1, 0.15) is 19.4 Å². The molecule has 0 spiro atoms. The Kier molecular flexibility index (Phi) is 6.81. The van der Waals surface area contributed by atoms with E-state index in [2.05, 4.69) is 23.7 Å². The van der Waals surface area contributed by atoms with Crippen molar-refractivity contribution in [2.24, 2.45) is 4.99 Å². The van der Waals surface area contributed by atoms with E-state index < -0.39 is 14.8 Å². The minimum absolute atomic E-state index is 0.00245. The minimum atomic E-state index is -3.76. The Morgan fingerprint density at radius 3 is 1.87 bits per heavy atom. The summed E-state index contributed by atoms with van der Waals surface area (Å²) in [6, 6.07) is 19.1. The molecule has 0 aliphatic carbocycles. The van der Waals surface area contributed by atoms with E-state index in [0.717, 1.165) is 24.3 Å². The van der Waals surface area contributed by atoms with E-state index in [1.54, 1.807) is 18.3 Å². The van der Waals surface area contributed by atoms with E-state index in [1.165, 1.54) is 36.4 Å². The van der Waals surface area contributed by atoms with Gasteiger partial charge in [-0.3, -0.25) is 15.1 Å². The van der Waals surface area contributed by atoms with Crippen LogP contribution in [0.25, 0.3) is 0 Å². The van der Waals surface area contributed by atoms with Crippen molar-refractivity contribution in [1.82, 2.24) is 0 Å². The molecule has 0 unspecified atom stereocenters. The van der Waals surface area contributed by atoms with Crippen molar-refractivity contribution in [2.75, 3.05) is 18.0 Å². The maximum atomic E-state index is 12.7. The van der Waals surface area contributed by atoms with Crippen LogP contribution in [0.3, 0.4) is 0 Å². The number of anilines is 1. The summed E-state index contributed by atoms with van der Waals surface area (Å²) in [6.07, 6.45) is 1.73. The number of aliphatic imine (C=N–C) groups is 1. The van der Waals surface area contributed by atoms with Crippen LogP contribution in [0.5, 0.6) is 0 Å². The van der Waals surface area contributed by atoms with Crippen LogP contribution in [-0.4, -0.2) is 32.6 Å². The average Bonchev–Trinajstić information content (AvgIpc) is 2.79. The first-order chi connectivity index (χ1) is 14.8. The average molecular weight is 438 g/mol. The van der Waals surface area contributed by atoms with Gasteiger partial charge in [0.15, 0.2) is 0 Å². The molecular weight excluding hydrogens is 414 g/mol. The summed E-state index contributed by atoms with van der Waals surface area (Å²) in [6.45, 7) is 6.12. The van der Waals surface area contributed by atoms with E-state index in [1.807, 2.05) is 24.3 Å². The van der Waals surface area contributed by atoms with Crippen molar-refractivity contribution in [2.45, 2.75) is 23.6 Å². The largest absolute Gasteiger partial charge is 0.372 e. The number of nitro groups is 1. The Hall–Kier alpha value is -3.52. The third kappa shape index (κ3) is 5.16. The predicted molar refractivity (Wildman–Crippen MR) is 122 cm³/mol. The van der Waals surface area contributed by atoms with Crippen molar-refractivity contribution in [1.29, 1.82) is 0 Å². The van der Waals surface area contributed by atoms with Crippen LogP contribution < -0.4 is 4.90 Å². The molecule has 0 atom stereocenters. The van der Waals surface area contributed by atoms with Gasteiger partial charge in [0.25, 0.3) is 5.69 Å². The fourth-order valence-corrected chi connectivity index (χ4v) is 4.36. The topological polar surface area (TPSA) is 92.9 Å². The van der Waals surface area contributed by atoms with Crippen LogP contribution in [0.15, 0.2) is 87.6 Å². The van der Waals surface area contributed by atoms with Crippen molar-refractivity contribution < 1.29 is 13.3 Å². The quantitative estimate of drug-likeness (QED) is 0.280. The number of benzene rings is 3. The van der Waals surface area contributed by atoms with Gasteiger partial charge < -0.3 is 4.90 Å². The van der Waals surface area contributed by atoms with Gasteiger partial charge in [-0.1, -0.05) is 12.1 Å². The number of sulfone groups is 1. The SMILES string of the molecule is CCN(CC)c1ccc(C=Nc2ccc(S(=O)(=O)c3ccc([N+](=O)[O-])cc3)cc2)cc1. The summed E-state index contributed by atoms with van der Waals surface area (Å²) in [5, 5.41) is 10.7. The highest BCUT2D eigenvalue weighted by Crippen LogP contribution is 2.25. The lowest BCUT2D eigenvalue weighted by atomic mass is 10.2. The van der Waals surface area contributed by atoms with Gasteiger partial charge >= 0.3 is 0 Å². The Labute approximate surface area is 181 Å². The molecule has 0 radical (unpaired) electrons. The highest BCUT2D eigenvalue weighted by Gasteiger charge is 2.18. The molecule has 31 heavy (non-hydrogen) atoms. The molecule has 0 amide bonds. The van der Waals surface area contributed by atoms with E-state index in [4.69, 9.17) is 0 Å². The number of nitrogens with zero attached hydrogens (tertiary/aromatic N) is 3. The summed E-state index contributed by atoms with van der Waals surface area (Å²) in [5.41, 5.74) is 2.56. The zero-order chi connectivity index (χ0) is 22.4. The number of non-ortho nitro benzene ring substituents is 1. The van der Waals surface area contributed by atoms with Crippen molar-refractivity contribution >= 4 is 33.1 Å². The van der Waals surface area contributed by atoms with Gasteiger partial charge in [-0.2, -0.15) is 0 Å². The molecule has 160 valence electrons. The van der Waals surface area contributed by atoms with Gasteiger partial charge in [0.05, 0.1) is 20.4 Å². The third-order valence-corrected chi connectivity index (χ3v) is 6.67. The molecular formula is C23H23N3O4S. The van der Waals surface area contributed by atoms with Gasteiger partial charge in [-0.15, -0.1) is 0 Å². The molecule has 0 heterocycles. The Balaban J connectivity index is 1.74. The number of nitro benzene ring substituents is 1. The first-order valence-corrected chi connectivity index (χ1v) is 11.3. The Morgan fingerprint density at radius 1 is 0.871 bits per heavy atom. The maximum Gasteiger partial charge on any atom is 0.269 e. The molecule has 0 fully saturated rings. The second kappa shape index (κ2) is 9.53. The molecule has 0 saturated heterocycles. The van der Waals surface area contributed by atoms with Gasteiger partial charge in [0.1, 0.15) is 0 Å². The highest BCUT2D eigenvalue weighted by atomic mass is 32.2. The Bertz CT molecular complexity index is 1170. The standard InChI is InChI=1S/C23H23N3O4S/c1-3-25(4-2)20-9-5-18(6-10-20)17-24-19-7-13-22(14-8-19)31(29,30)23-15-11-21(12-16-23)26(27)28/h5-17H,3-4H2,1-2H3. The predicted octanol–water partition coefficient (Wildman–Crippen LogP) is 5.02. The lowest BCUT2D eigenvalue weighted by molar-refractivity contribution is -0.384. The first kappa shape index (κ1) is 22.2. The summed E-state index contributed by atoms with van der Waals surface area (Å²) >= 11 is 0. The fourth-order valence-electron chi connectivity index (χ4n) is 3.10. The minimum Gasteiger partial charge on any atom is -0.372 e. The molecule has 7 nitrogen and oxygen atoms in total. The van der Waals surface area contributed by atoms with E-state index in [-0.39, 0.29) is 15.5 Å². The molecule has 0 aliphatic heterocycles. The lowest BCUT2D eigenvalue weighted by Gasteiger charge is -2.20. The summed E-state index contributed by atoms with van der Waals surface area (Å²) < 4.78 is 25.5. The van der Waals surface area contributed by atoms with E-state index in [0.29, 0.717) is 5.69 Å². The van der Waals surface area contributed by atoms with E-state index in [9.17, 15) is 18.5 Å². The molecule has 0 aliphatic rings. The van der Waals surface area contributed by atoms with Gasteiger partial charge in [-0.25, -0.2) is 8.42 Å². The summed E-state index contributed by atoms with van der Waals surface area (Å²) in [7, 11) is -3.76. The fraction of sp³-hybridized carbons (Fsp3) is 0.174. The van der Waals surface area contributed by atoms with Gasteiger partial charge in [0, 0.05) is 37.1 Å². The number of rotatable bonds is 8. The molecule has 0 N–H and O–H groups in total. The maximum absolute atomic E-state index is 12.7. The highest BCUT2D eigenvalue weighted by molar-refractivity contribution is 7.91. The van der Waals surface area contributed by atoms with Crippen molar-refractivity contribution in [3.8, 4) is 0 Å². The van der Waals surface area contributed by atoms with Crippen LogP contribution in [0.4, 0.5) is 17.1 Å². The summed E-state index contributed by atoms with van der Waals surface area (Å²) in [4.78, 5) is 16.9. The normalized spacial score (nSPS) is 11.5. The van der Waals surface area contributed by atoms with Crippen LogP contribution >= 0.6 is 0 Å². The molecule has 3 aromatic carbocycles. The third-order valence-electron chi connectivity index (χ3n) is 4.89. The molecule has 3 aromatic rings. The van der Waals surface area contributed by atoms with E-state index >= 15 is 0 Å². The van der Waals surface area contributed by atoms with Crippen LogP contribution in [0, 0.1) is 10.1 Å². The van der Waals surface area contributed by atoms with Crippen molar-refractivity contribution in [3.05, 3.63) is 88.5 Å². The molecule has 0 saturated carbocycles. The van der Waals surface area contributed by atoms with Gasteiger partial charge in [-0.05, 0) is 67.9 Å². The lowest BCUT2D eigenvalue weighted by Crippen LogP contribution is -2.21. The monoisotopic (exact) mass is 437 g/mol. The van der Waals surface area contributed by atoms with Crippen LogP contribution in [-0.2, 0) is 9.84 Å². The molecule has 8 heteroatoms. The molecule has 0 bridgehead atoms. The first-order valence-electron chi connectivity index (χ1n) is 9.84. The number of hydrogen-bond acceptors (Lipinski definition) is 6. The van der Waals surface area contributed by atoms with Gasteiger partial charge in [0.2, 0.25) is 9.84 Å².